The first-order valence-corrected chi connectivity index (χ1v) is 6.54. The lowest BCUT2D eigenvalue weighted by atomic mass is 10.0. The molecule has 2 aromatic carbocycles. The zero-order chi connectivity index (χ0) is 14.3. The fourth-order valence-corrected chi connectivity index (χ4v) is 2.79. The predicted molar refractivity (Wildman–Crippen MR) is 74.4 cm³/mol. The number of hydrogen-bond donors (Lipinski definition) is 1. The maximum atomic E-state index is 13.9. The van der Waals surface area contributed by atoms with E-state index in [1.165, 1.54) is 25.3 Å². The van der Waals surface area contributed by atoms with Crippen LogP contribution in [0.2, 0.25) is 5.02 Å². The van der Waals surface area contributed by atoms with Crippen molar-refractivity contribution in [2.75, 3.05) is 12.4 Å². The Bertz CT molecular complexity index is 675. The summed E-state index contributed by atoms with van der Waals surface area (Å²) in [6.07, 6.45) is 0.534. The number of anilines is 1. The molecule has 0 saturated carbocycles. The largest absolute Gasteiger partial charge is 0.496 e. The predicted octanol–water partition coefficient (Wildman–Crippen LogP) is 4.34. The lowest BCUT2D eigenvalue weighted by Gasteiger charge is -2.15. The molecule has 0 amide bonds. The Morgan fingerprint density at radius 1 is 1.25 bits per heavy atom. The van der Waals surface area contributed by atoms with E-state index in [1.807, 2.05) is 0 Å². The zero-order valence-electron chi connectivity index (χ0n) is 10.7. The molecule has 0 radical (unpaired) electrons. The van der Waals surface area contributed by atoms with Gasteiger partial charge in [0.15, 0.2) is 0 Å². The van der Waals surface area contributed by atoms with Gasteiger partial charge in [-0.05, 0) is 42.3 Å². The highest BCUT2D eigenvalue weighted by Gasteiger charge is 2.27. The number of rotatable bonds is 2. The van der Waals surface area contributed by atoms with E-state index >= 15 is 0 Å². The monoisotopic (exact) mass is 295 g/mol. The van der Waals surface area contributed by atoms with Crippen LogP contribution in [0.1, 0.15) is 17.2 Å². The van der Waals surface area contributed by atoms with Gasteiger partial charge in [0.25, 0.3) is 0 Å². The van der Waals surface area contributed by atoms with Crippen LogP contribution in [-0.4, -0.2) is 7.11 Å². The van der Waals surface area contributed by atoms with Crippen LogP contribution in [0.25, 0.3) is 0 Å². The number of hydrogen-bond acceptors (Lipinski definition) is 2. The molecule has 1 aliphatic rings. The van der Waals surface area contributed by atoms with Crippen molar-refractivity contribution in [3.63, 3.8) is 0 Å². The number of fused-ring (bicyclic) bond motifs is 1. The summed E-state index contributed by atoms with van der Waals surface area (Å²) in [7, 11) is 1.52. The van der Waals surface area contributed by atoms with Gasteiger partial charge in [-0.1, -0.05) is 11.6 Å². The van der Waals surface area contributed by atoms with Gasteiger partial charge in [-0.3, -0.25) is 0 Å². The van der Waals surface area contributed by atoms with E-state index < -0.39 is 5.82 Å². The Labute approximate surface area is 120 Å². The fourth-order valence-electron chi connectivity index (χ4n) is 2.56. The van der Waals surface area contributed by atoms with Gasteiger partial charge in [0.1, 0.15) is 17.4 Å². The van der Waals surface area contributed by atoms with E-state index in [0.717, 1.165) is 5.56 Å². The molecule has 1 atom stereocenters. The highest BCUT2D eigenvalue weighted by atomic mass is 35.5. The summed E-state index contributed by atoms with van der Waals surface area (Å²) < 4.78 is 32.5. The van der Waals surface area contributed by atoms with Crippen LogP contribution in [0.5, 0.6) is 5.75 Å². The Morgan fingerprint density at radius 2 is 2.05 bits per heavy atom. The van der Waals surface area contributed by atoms with Crippen molar-refractivity contribution in [1.29, 1.82) is 0 Å². The molecule has 3 rings (SSSR count). The third-order valence-corrected chi connectivity index (χ3v) is 3.66. The van der Waals surface area contributed by atoms with Gasteiger partial charge in [0.05, 0.1) is 18.8 Å². The second kappa shape index (κ2) is 4.94. The van der Waals surface area contributed by atoms with Gasteiger partial charge >= 0.3 is 0 Å². The van der Waals surface area contributed by atoms with Crippen LogP contribution in [0.15, 0.2) is 30.3 Å². The Kier molecular flexibility index (Phi) is 3.26. The Balaban J connectivity index is 2.00. The van der Waals surface area contributed by atoms with E-state index in [-0.39, 0.29) is 11.9 Å². The molecule has 0 fully saturated rings. The smallest absolute Gasteiger partial charge is 0.148 e. The lowest BCUT2D eigenvalue weighted by Crippen LogP contribution is -2.08. The maximum absolute atomic E-state index is 13.9. The Morgan fingerprint density at radius 3 is 2.80 bits per heavy atom. The van der Waals surface area contributed by atoms with Gasteiger partial charge in [-0.25, -0.2) is 8.78 Å². The summed E-state index contributed by atoms with van der Waals surface area (Å²) in [5.74, 6) is -0.175. The molecule has 1 unspecified atom stereocenters. The lowest BCUT2D eigenvalue weighted by molar-refractivity contribution is 0.406. The van der Waals surface area contributed by atoms with Crippen LogP contribution in [0.3, 0.4) is 0 Å². The van der Waals surface area contributed by atoms with Crippen LogP contribution in [0, 0.1) is 11.6 Å². The van der Waals surface area contributed by atoms with E-state index in [1.54, 1.807) is 12.1 Å². The molecular formula is C15H12ClF2NO. The first-order chi connectivity index (χ1) is 9.58. The highest BCUT2D eigenvalue weighted by molar-refractivity contribution is 6.30. The SMILES string of the molecule is COc1ccc(F)cc1C1Cc2cc(Cl)cc(F)c2N1. The molecule has 0 aromatic heterocycles. The second-order valence-electron chi connectivity index (χ2n) is 4.71. The minimum absolute atomic E-state index is 0.233. The third kappa shape index (κ3) is 2.20. The van der Waals surface area contributed by atoms with Crippen molar-refractivity contribution in [2.45, 2.75) is 12.5 Å². The average molecular weight is 296 g/mol. The van der Waals surface area contributed by atoms with Crippen LogP contribution in [-0.2, 0) is 6.42 Å². The number of halogens is 3. The number of methoxy groups -OCH3 is 1. The summed E-state index contributed by atoms with van der Waals surface area (Å²) in [6.45, 7) is 0. The van der Waals surface area contributed by atoms with Crippen molar-refractivity contribution in [2.24, 2.45) is 0 Å². The molecule has 0 saturated heterocycles. The second-order valence-corrected chi connectivity index (χ2v) is 5.15. The molecule has 0 aliphatic carbocycles. The first-order valence-electron chi connectivity index (χ1n) is 6.16. The molecule has 1 heterocycles. The topological polar surface area (TPSA) is 21.3 Å². The molecular weight excluding hydrogens is 284 g/mol. The molecule has 0 spiro atoms. The van der Waals surface area contributed by atoms with Gasteiger partial charge in [-0.15, -0.1) is 0 Å². The summed E-state index contributed by atoms with van der Waals surface area (Å²) in [4.78, 5) is 0. The minimum atomic E-state index is -0.398. The van der Waals surface area contributed by atoms with Gasteiger partial charge in [-0.2, -0.15) is 0 Å². The summed E-state index contributed by atoms with van der Waals surface area (Å²) in [5, 5.41) is 3.42. The van der Waals surface area contributed by atoms with Gasteiger partial charge < -0.3 is 10.1 Å². The van der Waals surface area contributed by atoms with E-state index in [9.17, 15) is 8.78 Å². The van der Waals surface area contributed by atoms with Crippen molar-refractivity contribution in [1.82, 2.24) is 0 Å². The maximum Gasteiger partial charge on any atom is 0.148 e. The molecule has 20 heavy (non-hydrogen) atoms. The van der Waals surface area contributed by atoms with Gasteiger partial charge in [0.2, 0.25) is 0 Å². The fraction of sp³-hybridized carbons (Fsp3) is 0.200. The first kappa shape index (κ1) is 13.2. The summed E-state index contributed by atoms with van der Waals surface area (Å²) in [5.41, 5.74) is 1.87. The zero-order valence-corrected chi connectivity index (χ0v) is 11.5. The van der Waals surface area contributed by atoms with E-state index in [4.69, 9.17) is 16.3 Å². The standard InChI is InChI=1S/C15H12ClF2NO/c1-20-14-3-2-10(17)7-11(14)13-5-8-4-9(16)6-12(18)15(8)19-13/h2-4,6-7,13,19H,5H2,1H3. The normalized spacial score (nSPS) is 16.7. The summed E-state index contributed by atoms with van der Waals surface area (Å²) >= 11 is 5.85. The van der Waals surface area contributed by atoms with Gasteiger partial charge in [0, 0.05) is 10.6 Å². The average Bonchev–Trinajstić information content (AvgIpc) is 2.82. The van der Waals surface area contributed by atoms with Crippen LogP contribution >= 0.6 is 11.6 Å². The number of benzene rings is 2. The van der Waals surface area contributed by atoms with E-state index in [2.05, 4.69) is 5.32 Å². The highest BCUT2D eigenvalue weighted by Crippen LogP contribution is 2.40. The quantitative estimate of drug-likeness (QED) is 0.890. The molecule has 0 bridgehead atoms. The Hall–Kier alpha value is -1.81. The van der Waals surface area contributed by atoms with Crippen molar-refractivity contribution in [3.8, 4) is 5.75 Å². The third-order valence-electron chi connectivity index (χ3n) is 3.45. The number of nitrogens with one attached hydrogen (secondary N) is 1. The molecule has 2 nitrogen and oxygen atoms in total. The molecule has 1 aliphatic heterocycles. The molecule has 5 heteroatoms. The van der Waals surface area contributed by atoms with Crippen molar-refractivity contribution >= 4 is 17.3 Å². The van der Waals surface area contributed by atoms with Crippen LogP contribution in [0.4, 0.5) is 14.5 Å². The molecule has 2 aromatic rings. The van der Waals surface area contributed by atoms with Crippen LogP contribution < -0.4 is 10.1 Å². The van der Waals surface area contributed by atoms with Crippen molar-refractivity contribution in [3.05, 3.63) is 58.1 Å². The summed E-state index contributed by atoms with van der Waals surface area (Å²) in [6, 6.07) is 7.06. The number of ether oxygens (including phenoxy) is 1. The minimum Gasteiger partial charge on any atom is -0.496 e. The molecule has 1 N–H and O–H groups in total. The van der Waals surface area contributed by atoms with Crippen molar-refractivity contribution < 1.29 is 13.5 Å². The molecule has 104 valence electrons. The van der Waals surface area contributed by atoms with E-state index in [0.29, 0.717) is 28.4 Å².